The predicted molar refractivity (Wildman–Crippen MR) is 111 cm³/mol. The van der Waals surface area contributed by atoms with Crippen molar-refractivity contribution in [2.75, 3.05) is 7.11 Å². The van der Waals surface area contributed by atoms with Gasteiger partial charge in [-0.3, -0.25) is 9.59 Å². The number of halogens is 3. The Morgan fingerprint density at radius 3 is 2.45 bits per heavy atom. The van der Waals surface area contributed by atoms with Gasteiger partial charge in [-0.2, -0.15) is 13.2 Å². The monoisotopic (exact) mass is 466 g/mol. The van der Waals surface area contributed by atoms with Crippen LogP contribution < -0.4 is 0 Å². The maximum Gasteiger partial charge on any atom is 0.490 e. The fourth-order valence-electron chi connectivity index (χ4n) is 8.53. The zero-order chi connectivity index (χ0) is 24.2. The van der Waals surface area contributed by atoms with E-state index < -0.39 is 51.9 Å². The number of esters is 1. The molecule has 2 spiro atoms. The lowest BCUT2D eigenvalue weighted by atomic mass is 9.40. The molecule has 6 aliphatic carbocycles. The maximum atomic E-state index is 13.8. The van der Waals surface area contributed by atoms with E-state index in [1.807, 2.05) is 6.92 Å². The Morgan fingerprint density at radius 2 is 1.85 bits per heavy atom. The Morgan fingerprint density at radius 1 is 1.15 bits per heavy atom. The van der Waals surface area contributed by atoms with Gasteiger partial charge in [0, 0.05) is 7.11 Å². The highest BCUT2D eigenvalue weighted by atomic mass is 19.4. The summed E-state index contributed by atoms with van der Waals surface area (Å²) in [6.45, 7) is 9.90. The zero-order valence-electron chi connectivity index (χ0n) is 18.9. The van der Waals surface area contributed by atoms with E-state index in [2.05, 4.69) is 13.2 Å². The van der Waals surface area contributed by atoms with Gasteiger partial charge in [0.1, 0.15) is 11.7 Å². The van der Waals surface area contributed by atoms with Gasteiger partial charge in [0.2, 0.25) is 0 Å². The van der Waals surface area contributed by atoms with E-state index in [0.29, 0.717) is 37.7 Å². The number of allylic oxidation sites excluding steroid dienone is 2. The summed E-state index contributed by atoms with van der Waals surface area (Å²) in [5.74, 6) is -3.84. The molecular weight excluding hydrogens is 437 g/mol. The molecule has 6 aliphatic rings. The van der Waals surface area contributed by atoms with E-state index in [9.17, 15) is 27.6 Å². The first-order chi connectivity index (χ1) is 15.4. The van der Waals surface area contributed by atoms with E-state index in [0.717, 1.165) is 0 Å². The van der Waals surface area contributed by atoms with Crippen molar-refractivity contribution in [3.63, 3.8) is 0 Å². The minimum absolute atomic E-state index is 0.0125. The first-order valence-electron chi connectivity index (χ1n) is 11.6. The number of ether oxygens (including phenoxy) is 2. The number of carbonyl (C=O) groups excluding carboxylic acids is 3. The smallest absolute Gasteiger partial charge is 0.455 e. The second-order valence-electron chi connectivity index (χ2n) is 10.9. The third-order valence-electron chi connectivity index (χ3n) is 10.1. The number of rotatable bonds is 3. The van der Waals surface area contributed by atoms with Crippen molar-refractivity contribution in [1.82, 2.24) is 0 Å². The lowest BCUT2D eigenvalue weighted by Crippen LogP contribution is -2.67. The average molecular weight is 466 g/mol. The zero-order valence-corrected chi connectivity index (χ0v) is 18.9. The Labute approximate surface area is 190 Å². The van der Waals surface area contributed by atoms with E-state index >= 15 is 0 Å². The standard InChI is InChI=1S/C25H29F3O5/c1-5-21(3)8-6-9-23(32-4)19(30)24(23)15(21)12-17(33-20(31)25(26,27)28)22-10-7-14(11-16(22)24)13(2)18(22)29/h5,14-17H,1-2,6-12H2,3-4H3. The lowest BCUT2D eigenvalue weighted by Gasteiger charge is -2.63. The second kappa shape index (κ2) is 6.58. The van der Waals surface area contributed by atoms with Crippen LogP contribution in [0.15, 0.2) is 24.8 Å². The van der Waals surface area contributed by atoms with Crippen LogP contribution in [0, 0.1) is 34.0 Å². The molecule has 6 rings (SSSR count). The molecule has 8 heteroatoms. The molecule has 0 saturated heterocycles. The van der Waals surface area contributed by atoms with Crippen LogP contribution in [0.3, 0.4) is 0 Å². The summed E-state index contributed by atoms with van der Waals surface area (Å²) in [5.41, 5.74) is -3.65. The van der Waals surface area contributed by atoms with Gasteiger partial charge in [-0.15, -0.1) is 6.58 Å². The predicted octanol–water partition coefficient (Wildman–Crippen LogP) is 4.35. The number of ketones is 2. The van der Waals surface area contributed by atoms with Crippen molar-refractivity contribution < 1.29 is 37.0 Å². The summed E-state index contributed by atoms with van der Waals surface area (Å²) in [6.07, 6.45) is -1.49. The van der Waals surface area contributed by atoms with Crippen LogP contribution >= 0.6 is 0 Å². The van der Waals surface area contributed by atoms with Gasteiger partial charge in [-0.05, 0) is 73.7 Å². The third kappa shape index (κ3) is 2.41. The Balaban J connectivity index is 1.72. The van der Waals surface area contributed by atoms with Crippen molar-refractivity contribution in [3.8, 4) is 0 Å². The molecule has 8 atom stereocenters. The summed E-state index contributed by atoms with van der Waals surface area (Å²) < 4.78 is 50.8. The van der Waals surface area contributed by atoms with E-state index in [4.69, 9.17) is 9.47 Å². The Kier molecular flexibility index (Phi) is 4.55. The molecule has 8 unspecified atom stereocenters. The molecule has 0 aliphatic heterocycles. The number of hydrogen-bond acceptors (Lipinski definition) is 5. The molecule has 0 radical (unpaired) electrons. The Bertz CT molecular complexity index is 987. The van der Waals surface area contributed by atoms with Gasteiger partial charge >= 0.3 is 12.1 Å². The quantitative estimate of drug-likeness (QED) is 0.351. The number of methoxy groups -OCH3 is 1. The van der Waals surface area contributed by atoms with Crippen molar-refractivity contribution in [3.05, 3.63) is 24.8 Å². The van der Waals surface area contributed by atoms with E-state index in [-0.39, 0.29) is 30.3 Å². The summed E-state index contributed by atoms with van der Waals surface area (Å²) in [5, 5.41) is 0. The number of Topliss-reactive ketones (excluding diaryl/α,β-unsaturated/α-hetero) is 2. The minimum atomic E-state index is -5.18. The fourth-order valence-corrected chi connectivity index (χ4v) is 8.53. The molecule has 0 N–H and O–H groups in total. The molecule has 0 aromatic rings. The highest BCUT2D eigenvalue weighted by Gasteiger charge is 2.90. The minimum Gasteiger partial charge on any atom is -0.455 e. The number of alkyl halides is 3. The number of fused-ring (bicyclic) bond motifs is 2. The molecule has 2 bridgehead atoms. The first-order valence-corrected chi connectivity index (χ1v) is 11.6. The van der Waals surface area contributed by atoms with Crippen LogP contribution in [-0.2, 0) is 23.9 Å². The normalized spacial score (nSPS) is 48.3. The van der Waals surface area contributed by atoms with Crippen LogP contribution in [0.5, 0.6) is 0 Å². The lowest BCUT2D eigenvalue weighted by molar-refractivity contribution is -0.232. The van der Waals surface area contributed by atoms with Gasteiger partial charge in [0.05, 0.1) is 10.8 Å². The van der Waals surface area contributed by atoms with Gasteiger partial charge in [-0.1, -0.05) is 19.6 Å². The second-order valence-corrected chi connectivity index (χ2v) is 10.9. The molecule has 0 amide bonds. The molecule has 0 aromatic carbocycles. The van der Waals surface area contributed by atoms with Crippen LogP contribution in [0.2, 0.25) is 0 Å². The van der Waals surface area contributed by atoms with Crippen LogP contribution in [0.25, 0.3) is 0 Å². The molecule has 0 heterocycles. The Hall–Kier alpha value is -1.96. The van der Waals surface area contributed by atoms with E-state index in [1.54, 1.807) is 6.08 Å². The maximum absolute atomic E-state index is 13.8. The molecule has 6 fully saturated rings. The topological polar surface area (TPSA) is 69.7 Å². The van der Waals surface area contributed by atoms with Crippen LogP contribution in [-0.4, -0.2) is 42.5 Å². The average Bonchev–Trinajstić information content (AvgIpc) is 3.33. The van der Waals surface area contributed by atoms with Crippen molar-refractivity contribution >= 4 is 17.5 Å². The molecular formula is C25H29F3O5. The molecule has 0 aromatic heterocycles. The fraction of sp³-hybridized carbons (Fsp3) is 0.720. The highest BCUT2D eigenvalue weighted by Crippen LogP contribution is 2.80. The van der Waals surface area contributed by atoms with Crippen LogP contribution in [0.1, 0.15) is 51.9 Å². The molecule has 5 nitrogen and oxygen atoms in total. The van der Waals surface area contributed by atoms with Gasteiger partial charge in [-0.25, -0.2) is 4.79 Å². The molecule has 33 heavy (non-hydrogen) atoms. The summed E-state index contributed by atoms with van der Waals surface area (Å²) >= 11 is 0. The summed E-state index contributed by atoms with van der Waals surface area (Å²) in [4.78, 5) is 39.5. The van der Waals surface area contributed by atoms with Gasteiger partial charge in [0.15, 0.2) is 11.6 Å². The SMILES string of the molecule is C=CC1(C)CCCC2(OC)C(=O)C23C1CC(OC(=O)C(F)(F)F)C12CCC(CC13)C(=C)C2=O. The van der Waals surface area contributed by atoms with Gasteiger partial charge < -0.3 is 9.47 Å². The third-order valence-corrected chi connectivity index (χ3v) is 10.1. The highest BCUT2D eigenvalue weighted by molar-refractivity contribution is 6.14. The number of hydrogen-bond donors (Lipinski definition) is 0. The van der Waals surface area contributed by atoms with Crippen molar-refractivity contribution in [1.29, 1.82) is 0 Å². The number of carbonyl (C=O) groups is 3. The molecule has 180 valence electrons. The first kappa shape index (κ1) is 22.8. The largest absolute Gasteiger partial charge is 0.490 e. The van der Waals surface area contributed by atoms with E-state index in [1.165, 1.54) is 7.11 Å². The van der Waals surface area contributed by atoms with Crippen molar-refractivity contribution in [2.45, 2.75) is 69.8 Å². The summed E-state index contributed by atoms with van der Waals surface area (Å²) in [7, 11) is 1.50. The summed E-state index contributed by atoms with van der Waals surface area (Å²) in [6, 6.07) is 0. The molecule has 6 saturated carbocycles. The van der Waals surface area contributed by atoms with Crippen LogP contribution in [0.4, 0.5) is 13.2 Å². The van der Waals surface area contributed by atoms with Crippen molar-refractivity contribution in [2.24, 2.45) is 34.0 Å². The van der Waals surface area contributed by atoms with Gasteiger partial charge in [0.25, 0.3) is 0 Å².